The zero-order chi connectivity index (χ0) is 14.8. The molecule has 5 heteroatoms. The van der Waals surface area contributed by atoms with Gasteiger partial charge < -0.3 is 5.73 Å². The third kappa shape index (κ3) is 2.56. The summed E-state index contributed by atoms with van der Waals surface area (Å²) < 4.78 is 13.5. The third-order valence-corrected chi connectivity index (χ3v) is 3.49. The van der Waals surface area contributed by atoms with Crippen LogP contribution in [0.5, 0.6) is 0 Å². The number of nitrogens with one attached hydrogen (secondary N) is 1. The number of hydrogen-bond donors (Lipinski definition) is 3. The number of nitrogens with zero attached hydrogens (tertiary/aromatic N) is 1. The molecule has 1 unspecified atom stereocenters. The summed E-state index contributed by atoms with van der Waals surface area (Å²) in [7, 11) is 0. The summed E-state index contributed by atoms with van der Waals surface area (Å²) in [6.07, 6.45) is 1.73. The molecule has 21 heavy (non-hydrogen) atoms. The predicted molar refractivity (Wildman–Crippen MR) is 81.7 cm³/mol. The quantitative estimate of drug-likeness (QED) is 0.392. The second-order valence-electron chi connectivity index (χ2n) is 4.83. The standard InChI is InChI=1S/C16H15FN4/c17-12-5-6-14(18)13(9-12)16(21-19)11-4-3-10-2-1-7-20-15(10)8-11/h1-9,16,21H,18-19H2. The zero-order valence-corrected chi connectivity index (χ0v) is 11.3. The molecule has 3 rings (SSSR count). The van der Waals surface area contributed by atoms with Gasteiger partial charge in [0.1, 0.15) is 5.82 Å². The van der Waals surface area contributed by atoms with Gasteiger partial charge in [0, 0.05) is 22.8 Å². The van der Waals surface area contributed by atoms with E-state index in [9.17, 15) is 4.39 Å². The van der Waals surface area contributed by atoms with E-state index in [4.69, 9.17) is 11.6 Å². The molecule has 0 aliphatic carbocycles. The minimum Gasteiger partial charge on any atom is -0.398 e. The molecule has 4 nitrogen and oxygen atoms in total. The molecule has 0 radical (unpaired) electrons. The Morgan fingerprint density at radius 1 is 1.10 bits per heavy atom. The van der Waals surface area contributed by atoms with Crippen LogP contribution in [0.4, 0.5) is 10.1 Å². The first kappa shape index (κ1) is 13.5. The number of halogens is 1. The molecule has 3 aromatic rings. The van der Waals surface area contributed by atoms with E-state index < -0.39 is 6.04 Å². The highest BCUT2D eigenvalue weighted by Gasteiger charge is 2.16. The fourth-order valence-electron chi connectivity index (χ4n) is 2.42. The lowest BCUT2D eigenvalue weighted by molar-refractivity contribution is 0.607. The number of nitrogens with two attached hydrogens (primary N) is 2. The van der Waals surface area contributed by atoms with Crippen molar-refractivity contribution in [2.24, 2.45) is 5.84 Å². The second kappa shape index (κ2) is 5.47. The first-order chi connectivity index (χ1) is 10.2. The number of anilines is 1. The first-order valence-corrected chi connectivity index (χ1v) is 6.55. The highest BCUT2D eigenvalue weighted by atomic mass is 19.1. The van der Waals surface area contributed by atoms with Crippen molar-refractivity contribution >= 4 is 16.6 Å². The van der Waals surface area contributed by atoms with Crippen LogP contribution < -0.4 is 17.0 Å². The van der Waals surface area contributed by atoms with Crippen molar-refractivity contribution in [3.63, 3.8) is 0 Å². The van der Waals surface area contributed by atoms with E-state index in [-0.39, 0.29) is 5.82 Å². The van der Waals surface area contributed by atoms with E-state index in [1.807, 2.05) is 30.3 Å². The minimum absolute atomic E-state index is 0.349. The molecule has 2 aromatic carbocycles. The SMILES string of the molecule is NNC(c1ccc2cccnc2c1)c1cc(F)ccc1N. The van der Waals surface area contributed by atoms with Crippen LogP contribution in [0.1, 0.15) is 17.2 Å². The van der Waals surface area contributed by atoms with Gasteiger partial charge in [-0.25, -0.2) is 9.82 Å². The van der Waals surface area contributed by atoms with Gasteiger partial charge in [-0.05, 0) is 35.9 Å². The van der Waals surface area contributed by atoms with E-state index in [0.717, 1.165) is 16.5 Å². The largest absolute Gasteiger partial charge is 0.398 e. The Balaban J connectivity index is 2.11. The smallest absolute Gasteiger partial charge is 0.123 e. The molecular weight excluding hydrogens is 267 g/mol. The van der Waals surface area contributed by atoms with Gasteiger partial charge in [-0.2, -0.15) is 0 Å². The van der Waals surface area contributed by atoms with Crippen molar-refractivity contribution in [2.45, 2.75) is 6.04 Å². The van der Waals surface area contributed by atoms with Gasteiger partial charge in [-0.15, -0.1) is 0 Å². The number of pyridine rings is 1. The van der Waals surface area contributed by atoms with Crippen LogP contribution in [-0.2, 0) is 0 Å². The van der Waals surface area contributed by atoms with E-state index in [1.165, 1.54) is 18.2 Å². The first-order valence-electron chi connectivity index (χ1n) is 6.55. The molecule has 0 bridgehead atoms. The van der Waals surface area contributed by atoms with Crippen LogP contribution >= 0.6 is 0 Å². The summed E-state index contributed by atoms with van der Waals surface area (Å²) in [6.45, 7) is 0. The maximum Gasteiger partial charge on any atom is 0.123 e. The molecule has 0 fully saturated rings. The topological polar surface area (TPSA) is 77.0 Å². The Morgan fingerprint density at radius 3 is 2.76 bits per heavy atom. The van der Waals surface area contributed by atoms with Crippen molar-refractivity contribution in [3.8, 4) is 0 Å². The molecule has 0 aliphatic rings. The number of aromatic nitrogens is 1. The average Bonchev–Trinajstić information content (AvgIpc) is 2.51. The summed E-state index contributed by atoms with van der Waals surface area (Å²) in [4.78, 5) is 4.32. The Morgan fingerprint density at radius 2 is 1.95 bits per heavy atom. The summed E-state index contributed by atoms with van der Waals surface area (Å²) in [5.74, 6) is 5.30. The van der Waals surface area contributed by atoms with E-state index in [0.29, 0.717) is 11.3 Å². The third-order valence-electron chi connectivity index (χ3n) is 3.49. The van der Waals surface area contributed by atoms with Crippen LogP contribution in [0.25, 0.3) is 10.9 Å². The van der Waals surface area contributed by atoms with E-state index >= 15 is 0 Å². The highest BCUT2D eigenvalue weighted by molar-refractivity contribution is 5.79. The molecule has 106 valence electrons. The lowest BCUT2D eigenvalue weighted by atomic mass is 9.96. The van der Waals surface area contributed by atoms with Crippen molar-refractivity contribution < 1.29 is 4.39 Å². The number of rotatable bonds is 3. The van der Waals surface area contributed by atoms with Crippen LogP contribution in [0, 0.1) is 5.82 Å². The van der Waals surface area contributed by atoms with Gasteiger partial charge >= 0.3 is 0 Å². The van der Waals surface area contributed by atoms with Gasteiger partial charge in [0.05, 0.1) is 11.6 Å². The highest BCUT2D eigenvalue weighted by Crippen LogP contribution is 2.28. The molecule has 0 amide bonds. The Kier molecular flexibility index (Phi) is 3.51. The molecule has 0 saturated heterocycles. The van der Waals surface area contributed by atoms with Gasteiger partial charge in [-0.3, -0.25) is 10.8 Å². The van der Waals surface area contributed by atoms with Crippen molar-refractivity contribution in [1.82, 2.24) is 10.4 Å². The van der Waals surface area contributed by atoms with Crippen LogP contribution in [0.15, 0.2) is 54.7 Å². The second-order valence-corrected chi connectivity index (χ2v) is 4.83. The zero-order valence-electron chi connectivity index (χ0n) is 11.3. The summed E-state index contributed by atoms with van der Waals surface area (Å²) >= 11 is 0. The number of benzene rings is 2. The number of hydrazine groups is 1. The fraction of sp³-hybridized carbons (Fsp3) is 0.0625. The molecule has 0 spiro atoms. The monoisotopic (exact) mass is 282 g/mol. The van der Waals surface area contributed by atoms with Crippen LogP contribution in [-0.4, -0.2) is 4.98 Å². The van der Waals surface area contributed by atoms with E-state index in [1.54, 1.807) is 6.20 Å². The normalized spacial score (nSPS) is 12.5. The number of nitrogen functional groups attached to an aromatic ring is 1. The summed E-state index contributed by atoms with van der Waals surface area (Å²) in [5.41, 5.74) is 11.4. The lowest BCUT2D eigenvalue weighted by Gasteiger charge is -2.19. The van der Waals surface area contributed by atoms with Crippen molar-refractivity contribution in [3.05, 3.63) is 71.7 Å². The molecular formula is C16H15FN4. The van der Waals surface area contributed by atoms with Crippen LogP contribution in [0.3, 0.4) is 0 Å². The maximum atomic E-state index is 13.5. The van der Waals surface area contributed by atoms with E-state index in [2.05, 4.69) is 10.4 Å². The Bertz CT molecular complexity index is 788. The molecule has 1 aromatic heterocycles. The van der Waals surface area contributed by atoms with Gasteiger partial charge in [0.25, 0.3) is 0 Å². The summed E-state index contributed by atoms with van der Waals surface area (Å²) in [5, 5.41) is 1.03. The van der Waals surface area contributed by atoms with Gasteiger partial charge in [-0.1, -0.05) is 18.2 Å². The van der Waals surface area contributed by atoms with Crippen LogP contribution in [0.2, 0.25) is 0 Å². The van der Waals surface area contributed by atoms with Crippen molar-refractivity contribution in [2.75, 3.05) is 5.73 Å². The minimum atomic E-state index is -0.396. The molecule has 0 saturated carbocycles. The Hall–Kier alpha value is -2.50. The molecule has 0 aliphatic heterocycles. The molecule has 1 heterocycles. The molecule has 5 N–H and O–H groups in total. The number of fused-ring (bicyclic) bond motifs is 1. The molecule has 1 atom stereocenters. The Labute approximate surface area is 121 Å². The van der Waals surface area contributed by atoms with Crippen molar-refractivity contribution in [1.29, 1.82) is 0 Å². The average molecular weight is 282 g/mol. The maximum absolute atomic E-state index is 13.5. The lowest BCUT2D eigenvalue weighted by Crippen LogP contribution is -2.29. The number of hydrogen-bond acceptors (Lipinski definition) is 4. The van der Waals surface area contributed by atoms with Gasteiger partial charge in [0.2, 0.25) is 0 Å². The summed E-state index contributed by atoms with van der Waals surface area (Å²) in [6, 6.07) is 13.5. The fourth-order valence-corrected chi connectivity index (χ4v) is 2.42. The predicted octanol–water partition coefficient (Wildman–Crippen LogP) is 2.51. The van der Waals surface area contributed by atoms with Gasteiger partial charge in [0.15, 0.2) is 0 Å².